The van der Waals surface area contributed by atoms with Crippen LogP contribution in [0.4, 0.5) is 5.69 Å². The summed E-state index contributed by atoms with van der Waals surface area (Å²) in [6.07, 6.45) is 0. The van der Waals surface area contributed by atoms with Crippen molar-refractivity contribution in [2.45, 2.75) is 6.54 Å². The fraction of sp³-hybridized carbons (Fsp3) is 0.250. The maximum atomic E-state index is 9.15. The molecule has 0 bridgehead atoms. The van der Waals surface area contributed by atoms with E-state index in [2.05, 4.69) is 64.4 Å². The van der Waals surface area contributed by atoms with Crippen LogP contribution < -0.4 is 4.90 Å². The fourth-order valence-electron chi connectivity index (χ4n) is 3.36. The normalized spacial score (nSPS) is 14.9. The zero-order valence-corrected chi connectivity index (χ0v) is 15.5. The highest BCUT2D eigenvalue weighted by molar-refractivity contribution is 7.19. The molecule has 0 amide bonds. The Labute approximate surface area is 158 Å². The monoisotopic (exact) mass is 369 g/mol. The molecule has 5 heteroatoms. The molecule has 1 aromatic heterocycles. The largest absolute Gasteiger partial charge is 0.368 e. The number of nitriles is 1. The Morgan fingerprint density at radius 2 is 1.72 bits per heavy atom. The van der Waals surface area contributed by atoms with Crippen molar-refractivity contribution in [2.24, 2.45) is 0 Å². The number of halogens is 1. The zero-order chi connectivity index (χ0) is 16.4. The smallest absolute Gasteiger partial charge is 0.110 e. The molecule has 0 saturated carbocycles. The van der Waals surface area contributed by atoms with Gasteiger partial charge in [0.1, 0.15) is 10.9 Å². The second kappa shape index (κ2) is 7.88. The Balaban J connectivity index is 0.00000182. The molecule has 128 valence electrons. The van der Waals surface area contributed by atoms with Crippen molar-refractivity contribution in [2.75, 3.05) is 31.1 Å². The molecule has 0 radical (unpaired) electrons. The molecule has 1 aliphatic heterocycles. The summed E-state index contributed by atoms with van der Waals surface area (Å²) in [4.78, 5) is 5.76. The van der Waals surface area contributed by atoms with Gasteiger partial charge in [0.05, 0.1) is 0 Å². The van der Waals surface area contributed by atoms with Gasteiger partial charge in [-0.25, -0.2) is 0 Å². The van der Waals surface area contributed by atoms with Gasteiger partial charge in [-0.3, -0.25) is 4.90 Å². The van der Waals surface area contributed by atoms with E-state index >= 15 is 0 Å². The van der Waals surface area contributed by atoms with Crippen molar-refractivity contribution in [3.8, 4) is 6.07 Å². The molecule has 1 fully saturated rings. The van der Waals surface area contributed by atoms with E-state index in [0.717, 1.165) is 37.6 Å². The lowest BCUT2D eigenvalue weighted by Gasteiger charge is -2.36. The minimum atomic E-state index is 0. The molecule has 3 aromatic rings. The maximum absolute atomic E-state index is 9.15. The molecule has 0 atom stereocenters. The Morgan fingerprint density at radius 1 is 0.960 bits per heavy atom. The summed E-state index contributed by atoms with van der Waals surface area (Å²) < 4.78 is 1.20. The van der Waals surface area contributed by atoms with Crippen LogP contribution in [-0.4, -0.2) is 31.1 Å². The van der Waals surface area contributed by atoms with E-state index in [4.69, 9.17) is 5.26 Å². The molecule has 1 aliphatic rings. The molecule has 1 saturated heterocycles. The van der Waals surface area contributed by atoms with Gasteiger partial charge >= 0.3 is 0 Å². The molecule has 0 spiro atoms. The van der Waals surface area contributed by atoms with Crippen molar-refractivity contribution in [1.29, 1.82) is 5.26 Å². The number of nitrogens with zero attached hydrogens (tertiary/aromatic N) is 3. The molecule has 3 nitrogen and oxygen atoms in total. The third-order valence-electron chi connectivity index (χ3n) is 4.61. The summed E-state index contributed by atoms with van der Waals surface area (Å²) in [7, 11) is 0. The molecule has 0 aliphatic carbocycles. The molecular formula is C20H20ClN3S. The van der Waals surface area contributed by atoms with Crippen LogP contribution in [0.25, 0.3) is 10.1 Å². The third-order valence-corrected chi connectivity index (χ3v) is 5.62. The van der Waals surface area contributed by atoms with Gasteiger partial charge in [0.2, 0.25) is 0 Å². The molecule has 0 unspecified atom stereocenters. The van der Waals surface area contributed by atoms with Crippen molar-refractivity contribution in [1.82, 2.24) is 4.90 Å². The van der Waals surface area contributed by atoms with Gasteiger partial charge in [-0.2, -0.15) is 5.26 Å². The Bertz CT molecular complexity index is 877. The van der Waals surface area contributed by atoms with E-state index in [0.29, 0.717) is 0 Å². The van der Waals surface area contributed by atoms with E-state index < -0.39 is 0 Å². The molecule has 2 aromatic carbocycles. The van der Waals surface area contributed by atoms with Gasteiger partial charge in [-0.1, -0.05) is 36.4 Å². The van der Waals surface area contributed by atoms with Crippen LogP contribution in [0.1, 0.15) is 10.4 Å². The number of benzene rings is 2. The summed E-state index contributed by atoms with van der Waals surface area (Å²) in [5.41, 5.74) is 2.65. The van der Waals surface area contributed by atoms with E-state index in [-0.39, 0.29) is 12.4 Å². The number of hydrogen-bond donors (Lipinski definition) is 0. The molecule has 2 heterocycles. The van der Waals surface area contributed by atoms with Crippen LogP contribution in [0.5, 0.6) is 0 Å². The zero-order valence-electron chi connectivity index (χ0n) is 13.9. The Hall–Kier alpha value is -2.06. The van der Waals surface area contributed by atoms with Gasteiger partial charge in [0.25, 0.3) is 0 Å². The predicted molar refractivity (Wildman–Crippen MR) is 108 cm³/mol. The summed E-state index contributed by atoms with van der Waals surface area (Å²) in [5.74, 6) is 0. The average molecular weight is 370 g/mol. The van der Waals surface area contributed by atoms with Crippen LogP contribution in [-0.2, 0) is 6.54 Å². The number of fused-ring (bicyclic) bond motifs is 1. The number of rotatable bonds is 3. The summed E-state index contributed by atoms with van der Waals surface area (Å²) in [6.45, 7) is 5.23. The molecule has 25 heavy (non-hydrogen) atoms. The number of thiophene rings is 1. The first-order valence-corrected chi connectivity index (χ1v) is 9.09. The van der Waals surface area contributed by atoms with Crippen LogP contribution in [0.2, 0.25) is 0 Å². The van der Waals surface area contributed by atoms with Gasteiger partial charge in [-0.15, -0.1) is 23.7 Å². The Morgan fingerprint density at radius 3 is 2.44 bits per heavy atom. The summed E-state index contributed by atoms with van der Waals surface area (Å²) >= 11 is 1.58. The van der Waals surface area contributed by atoms with Crippen molar-refractivity contribution in [3.63, 3.8) is 0 Å². The highest BCUT2D eigenvalue weighted by Gasteiger charge is 2.19. The average Bonchev–Trinajstić information content (AvgIpc) is 3.07. The number of anilines is 1. The van der Waals surface area contributed by atoms with E-state index in [1.807, 2.05) is 6.07 Å². The summed E-state index contributed by atoms with van der Waals surface area (Å²) in [6, 6.07) is 21.4. The van der Waals surface area contributed by atoms with Crippen LogP contribution in [0, 0.1) is 11.3 Å². The van der Waals surface area contributed by atoms with Crippen LogP contribution in [0.15, 0.2) is 54.6 Å². The first-order chi connectivity index (χ1) is 11.8. The number of hydrogen-bond acceptors (Lipinski definition) is 4. The standard InChI is InChI=1S/C20H19N3S.ClH/c21-14-17-13-18-19(7-4-8-20(18)24-17)23-11-9-22(10-12-23)15-16-5-2-1-3-6-16;/h1-8,13H,9-12,15H2;1H. The number of piperazine rings is 1. The second-order valence-corrected chi connectivity index (χ2v) is 7.24. The molecule has 4 rings (SSSR count). The SMILES string of the molecule is Cl.N#Cc1cc2c(N3CCN(Cc4ccccc4)CC3)cccc2s1. The van der Waals surface area contributed by atoms with Crippen molar-refractivity contribution < 1.29 is 0 Å². The minimum absolute atomic E-state index is 0. The van der Waals surface area contributed by atoms with E-state index in [1.165, 1.54) is 21.3 Å². The lowest BCUT2D eigenvalue weighted by atomic mass is 10.1. The quantitative estimate of drug-likeness (QED) is 0.680. The fourth-order valence-corrected chi connectivity index (χ4v) is 4.24. The van der Waals surface area contributed by atoms with Gasteiger partial charge in [0, 0.05) is 48.5 Å². The van der Waals surface area contributed by atoms with Gasteiger partial charge < -0.3 is 4.90 Å². The van der Waals surface area contributed by atoms with Crippen molar-refractivity contribution in [3.05, 3.63) is 65.0 Å². The molecular weight excluding hydrogens is 350 g/mol. The highest BCUT2D eigenvalue weighted by Crippen LogP contribution is 2.33. The molecule has 0 N–H and O–H groups in total. The topological polar surface area (TPSA) is 30.3 Å². The minimum Gasteiger partial charge on any atom is -0.368 e. The van der Waals surface area contributed by atoms with Crippen molar-refractivity contribution >= 4 is 39.5 Å². The first-order valence-electron chi connectivity index (χ1n) is 8.27. The lowest BCUT2D eigenvalue weighted by molar-refractivity contribution is 0.250. The summed E-state index contributed by atoms with van der Waals surface area (Å²) in [5, 5.41) is 10.4. The maximum Gasteiger partial charge on any atom is 0.110 e. The lowest BCUT2D eigenvalue weighted by Crippen LogP contribution is -2.46. The third kappa shape index (κ3) is 3.80. The Kier molecular flexibility index (Phi) is 5.60. The first kappa shape index (κ1) is 17.8. The van der Waals surface area contributed by atoms with Crippen LogP contribution >= 0.6 is 23.7 Å². The van der Waals surface area contributed by atoms with E-state index in [1.54, 1.807) is 11.3 Å². The van der Waals surface area contributed by atoms with Gasteiger partial charge in [-0.05, 0) is 23.8 Å². The van der Waals surface area contributed by atoms with Crippen LogP contribution in [0.3, 0.4) is 0 Å². The second-order valence-electron chi connectivity index (χ2n) is 6.16. The van der Waals surface area contributed by atoms with E-state index in [9.17, 15) is 0 Å². The van der Waals surface area contributed by atoms with Gasteiger partial charge in [0.15, 0.2) is 0 Å². The highest BCUT2D eigenvalue weighted by atomic mass is 35.5. The predicted octanol–water partition coefficient (Wildman–Crippen LogP) is 4.52.